The van der Waals surface area contributed by atoms with Crippen LogP contribution in [0.25, 0.3) is 11.3 Å². The Morgan fingerprint density at radius 1 is 1.03 bits per heavy atom. The molecule has 160 valence electrons. The summed E-state index contributed by atoms with van der Waals surface area (Å²) in [5, 5.41) is 0. The number of halogens is 3. The quantitative estimate of drug-likeness (QED) is 0.762. The molecule has 30 heavy (non-hydrogen) atoms. The summed E-state index contributed by atoms with van der Waals surface area (Å²) in [7, 11) is 0. The third-order valence-electron chi connectivity index (χ3n) is 5.54. The molecule has 2 saturated heterocycles. The predicted molar refractivity (Wildman–Crippen MR) is 101 cm³/mol. The minimum atomic E-state index is -4.70. The first-order valence-electron chi connectivity index (χ1n) is 9.70. The van der Waals surface area contributed by atoms with Gasteiger partial charge in [-0.15, -0.1) is 0 Å². The van der Waals surface area contributed by atoms with Crippen molar-refractivity contribution in [1.29, 1.82) is 0 Å². The van der Waals surface area contributed by atoms with Gasteiger partial charge in [-0.05, 0) is 0 Å². The molecule has 9 nitrogen and oxygen atoms in total. The Kier molecular flexibility index (Phi) is 4.62. The largest absolute Gasteiger partial charge is 0.434 e. The van der Waals surface area contributed by atoms with Gasteiger partial charge in [0.15, 0.2) is 5.69 Å². The number of nitrogens with zero attached hydrogens (tertiary/aromatic N) is 6. The molecule has 2 aromatic heterocycles. The first-order valence-corrected chi connectivity index (χ1v) is 9.70. The number of fused-ring (bicyclic) bond motifs is 3. The van der Waals surface area contributed by atoms with Crippen molar-refractivity contribution in [2.24, 2.45) is 0 Å². The highest BCUT2D eigenvalue weighted by Crippen LogP contribution is 2.42. The Morgan fingerprint density at radius 2 is 1.80 bits per heavy atom. The summed E-state index contributed by atoms with van der Waals surface area (Å²) in [4.78, 5) is 20.6. The van der Waals surface area contributed by atoms with Crippen LogP contribution in [-0.2, 0) is 22.1 Å². The van der Waals surface area contributed by atoms with Crippen molar-refractivity contribution in [3.63, 3.8) is 0 Å². The van der Waals surface area contributed by atoms with Crippen LogP contribution in [-0.4, -0.2) is 72.0 Å². The topological polar surface area (TPSA) is 103 Å². The maximum absolute atomic E-state index is 13.8. The molecule has 0 radical (unpaired) electrons. The Bertz CT molecular complexity index is 966. The number of aromatic nitrogens is 4. The summed E-state index contributed by atoms with van der Waals surface area (Å²) >= 11 is 0. The van der Waals surface area contributed by atoms with Gasteiger partial charge in [0, 0.05) is 37.8 Å². The maximum Gasteiger partial charge on any atom is 0.434 e. The molecular weight excluding hydrogens is 403 g/mol. The van der Waals surface area contributed by atoms with E-state index in [2.05, 4.69) is 19.9 Å². The Hall–Kier alpha value is -2.73. The Balaban J connectivity index is 1.70. The number of nitrogen functional groups attached to an aromatic ring is 1. The highest BCUT2D eigenvalue weighted by molar-refractivity contribution is 5.75. The molecule has 0 amide bonds. The first-order chi connectivity index (χ1) is 14.4. The molecule has 5 rings (SSSR count). The molecule has 5 heterocycles. The molecule has 0 bridgehead atoms. The minimum absolute atomic E-state index is 0.0192. The third-order valence-corrected chi connectivity index (χ3v) is 5.54. The molecule has 0 spiro atoms. The summed E-state index contributed by atoms with van der Waals surface area (Å²) in [5.41, 5.74) is 5.03. The van der Waals surface area contributed by atoms with Crippen molar-refractivity contribution in [3.8, 4) is 11.3 Å². The van der Waals surface area contributed by atoms with E-state index in [0.717, 1.165) is 6.20 Å². The molecule has 0 saturated carbocycles. The van der Waals surface area contributed by atoms with Gasteiger partial charge in [-0.3, -0.25) is 0 Å². The number of hydrogen-bond acceptors (Lipinski definition) is 9. The predicted octanol–water partition coefficient (Wildman–Crippen LogP) is 1.13. The van der Waals surface area contributed by atoms with Crippen LogP contribution < -0.4 is 15.5 Å². The van der Waals surface area contributed by atoms with E-state index in [0.29, 0.717) is 69.8 Å². The first kappa shape index (κ1) is 19.2. The van der Waals surface area contributed by atoms with Crippen molar-refractivity contribution < 1.29 is 22.6 Å². The Labute approximate surface area is 170 Å². The fraction of sp³-hybridized carbons (Fsp3) is 0.556. The van der Waals surface area contributed by atoms with Crippen LogP contribution in [0.4, 0.5) is 30.9 Å². The van der Waals surface area contributed by atoms with Crippen LogP contribution in [0.2, 0.25) is 0 Å². The molecule has 3 aliphatic rings. The normalized spacial score (nSPS) is 21.5. The second kappa shape index (κ2) is 7.20. The molecular formula is C18H20F3N7O2. The molecule has 12 heteroatoms. The monoisotopic (exact) mass is 423 g/mol. The smallest absolute Gasteiger partial charge is 0.378 e. The highest BCUT2D eigenvalue weighted by atomic mass is 19.4. The number of rotatable bonds is 2. The standard InChI is InChI=1S/C18H20F3N7O2/c19-18(20,21)14-12(8-23-16(22)25-14)13-11-7-10-9-30-6-3-28(10)15(11)26-17(24-13)27-1-4-29-5-2-27/h8,10H,1-7,9H2,(H2,22,23,25)/t10-/m0/s1. The number of hydrogen-bond donors (Lipinski definition) is 1. The van der Waals surface area contributed by atoms with Crippen molar-refractivity contribution in [2.75, 3.05) is 61.6 Å². The van der Waals surface area contributed by atoms with Gasteiger partial charge in [0.1, 0.15) is 5.82 Å². The minimum Gasteiger partial charge on any atom is -0.378 e. The molecule has 3 aliphatic heterocycles. The average Bonchev–Trinajstić information content (AvgIpc) is 3.12. The Morgan fingerprint density at radius 3 is 2.57 bits per heavy atom. The second-order valence-corrected chi connectivity index (χ2v) is 7.39. The van der Waals surface area contributed by atoms with Crippen LogP contribution in [0.3, 0.4) is 0 Å². The van der Waals surface area contributed by atoms with E-state index >= 15 is 0 Å². The number of ether oxygens (including phenoxy) is 2. The van der Waals surface area contributed by atoms with Gasteiger partial charge in [-0.2, -0.15) is 18.2 Å². The third kappa shape index (κ3) is 3.29. The molecule has 2 N–H and O–H groups in total. The van der Waals surface area contributed by atoms with Crippen LogP contribution in [0.1, 0.15) is 11.3 Å². The molecule has 0 aliphatic carbocycles. The van der Waals surface area contributed by atoms with E-state index in [-0.39, 0.29) is 17.3 Å². The fourth-order valence-corrected chi connectivity index (χ4v) is 4.14. The zero-order chi connectivity index (χ0) is 20.9. The zero-order valence-corrected chi connectivity index (χ0v) is 16.0. The highest BCUT2D eigenvalue weighted by Gasteiger charge is 2.41. The molecule has 0 unspecified atom stereocenters. The van der Waals surface area contributed by atoms with Gasteiger partial charge in [0.25, 0.3) is 0 Å². The summed E-state index contributed by atoms with van der Waals surface area (Å²) in [6, 6.07) is 0.0192. The second-order valence-electron chi connectivity index (χ2n) is 7.39. The lowest BCUT2D eigenvalue weighted by Crippen LogP contribution is -2.43. The van der Waals surface area contributed by atoms with Crippen molar-refractivity contribution in [1.82, 2.24) is 19.9 Å². The summed E-state index contributed by atoms with van der Waals surface area (Å²) in [6.45, 7) is 3.81. The maximum atomic E-state index is 13.8. The van der Waals surface area contributed by atoms with E-state index in [4.69, 9.17) is 20.2 Å². The van der Waals surface area contributed by atoms with Crippen molar-refractivity contribution in [2.45, 2.75) is 18.6 Å². The number of morpholine rings is 2. The molecule has 2 fully saturated rings. The lowest BCUT2D eigenvalue weighted by molar-refractivity contribution is -0.140. The van der Waals surface area contributed by atoms with Crippen LogP contribution >= 0.6 is 0 Å². The molecule has 0 aromatic carbocycles. The summed E-state index contributed by atoms with van der Waals surface area (Å²) in [5.74, 6) is 0.597. The van der Waals surface area contributed by atoms with Crippen molar-refractivity contribution >= 4 is 17.7 Å². The van der Waals surface area contributed by atoms with Crippen LogP contribution in [0.5, 0.6) is 0 Å². The van der Waals surface area contributed by atoms with E-state index < -0.39 is 17.8 Å². The van der Waals surface area contributed by atoms with Gasteiger partial charge in [-0.1, -0.05) is 0 Å². The number of anilines is 3. The van der Waals surface area contributed by atoms with Crippen molar-refractivity contribution in [3.05, 3.63) is 17.5 Å². The lowest BCUT2D eigenvalue weighted by Gasteiger charge is -2.32. The van der Waals surface area contributed by atoms with Gasteiger partial charge in [0.2, 0.25) is 11.9 Å². The van der Waals surface area contributed by atoms with Gasteiger partial charge < -0.3 is 25.0 Å². The van der Waals surface area contributed by atoms with Gasteiger partial charge in [-0.25, -0.2) is 15.0 Å². The average molecular weight is 423 g/mol. The van der Waals surface area contributed by atoms with E-state index in [9.17, 15) is 13.2 Å². The van der Waals surface area contributed by atoms with E-state index in [1.165, 1.54) is 0 Å². The number of alkyl halides is 3. The van der Waals surface area contributed by atoms with E-state index in [1.807, 2.05) is 4.90 Å². The fourth-order valence-electron chi connectivity index (χ4n) is 4.14. The molecule has 1 atom stereocenters. The summed E-state index contributed by atoms with van der Waals surface area (Å²) < 4.78 is 52.3. The van der Waals surface area contributed by atoms with Gasteiger partial charge in [0.05, 0.1) is 43.7 Å². The zero-order valence-electron chi connectivity index (χ0n) is 16.0. The van der Waals surface area contributed by atoms with Crippen LogP contribution in [0.15, 0.2) is 6.20 Å². The number of nitrogens with two attached hydrogens (primary N) is 1. The lowest BCUT2D eigenvalue weighted by atomic mass is 10.0. The van der Waals surface area contributed by atoms with Crippen LogP contribution in [0, 0.1) is 0 Å². The SMILES string of the molecule is Nc1ncc(-c2nc(N3CCOCC3)nc3c2C[C@H]2COCCN32)c(C(F)(F)F)n1. The van der Waals surface area contributed by atoms with E-state index in [1.54, 1.807) is 0 Å². The van der Waals surface area contributed by atoms with Gasteiger partial charge >= 0.3 is 6.18 Å². The molecule has 2 aromatic rings. The summed E-state index contributed by atoms with van der Waals surface area (Å²) in [6.07, 6.45) is -3.10.